The van der Waals surface area contributed by atoms with Gasteiger partial charge in [-0.2, -0.15) is 0 Å². The van der Waals surface area contributed by atoms with Crippen LogP contribution in [0.4, 0.5) is 0 Å². The molecule has 2 aliphatic rings. The Morgan fingerprint density at radius 3 is 2.77 bits per heavy atom. The monoisotopic (exact) mass is 360 g/mol. The van der Waals surface area contributed by atoms with Gasteiger partial charge in [0.2, 0.25) is 0 Å². The van der Waals surface area contributed by atoms with Gasteiger partial charge in [-0.1, -0.05) is 31.4 Å². The molecule has 1 heterocycles. The first kappa shape index (κ1) is 19.2. The summed E-state index contributed by atoms with van der Waals surface area (Å²) in [6.45, 7) is 1.65. The second-order valence-corrected chi connectivity index (χ2v) is 7.92. The number of ether oxygens (including phenoxy) is 1. The van der Waals surface area contributed by atoms with Crippen molar-refractivity contribution in [2.24, 2.45) is 0 Å². The highest BCUT2D eigenvalue weighted by Crippen LogP contribution is 2.28. The number of benzene rings is 1. The van der Waals surface area contributed by atoms with Crippen molar-refractivity contribution in [3.8, 4) is 5.75 Å². The number of piperidine rings is 1. The van der Waals surface area contributed by atoms with Gasteiger partial charge in [-0.15, -0.1) is 0 Å². The third-order valence-corrected chi connectivity index (χ3v) is 5.92. The normalized spacial score (nSPS) is 24.9. The molecule has 1 saturated heterocycles. The van der Waals surface area contributed by atoms with Gasteiger partial charge in [0.25, 0.3) is 5.91 Å². The lowest BCUT2D eigenvalue weighted by atomic mass is 9.88. The van der Waals surface area contributed by atoms with Crippen LogP contribution in [0.15, 0.2) is 24.3 Å². The van der Waals surface area contributed by atoms with Crippen molar-refractivity contribution in [1.29, 1.82) is 0 Å². The van der Waals surface area contributed by atoms with Crippen molar-refractivity contribution in [1.82, 2.24) is 9.80 Å². The summed E-state index contributed by atoms with van der Waals surface area (Å²) < 4.78 is 5.27. The summed E-state index contributed by atoms with van der Waals surface area (Å²) in [7, 11) is 3.70. The summed E-state index contributed by atoms with van der Waals surface area (Å²) in [6.07, 6.45) is 7.55. The number of aliphatic hydroxyl groups is 1. The predicted octanol–water partition coefficient (Wildman–Crippen LogP) is 2.81. The van der Waals surface area contributed by atoms with Gasteiger partial charge in [-0.05, 0) is 50.4 Å². The molecule has 1 N–H and O–H groups in total. The van der Waals surface area contributed by atoms with Crippen LogP contribution in [-0.4, -0.2) is 59.7 Å². The lowest BCUT2D eigenvalue weighted by Gasteiger charge is -2.42. The minimum absolute atomic E-state index is 0.130. The molecule has 1 aliphatic carbocycles. The Morgan fingerprint density at radius 2 is 2.04 bits per heavy atom. The molecular formula is C21H32N2O3. The van der Waals surface area contributed by atoms with Crippen molar-refractivity contribution >= 4 is 5.91 Å². The van der Waals surface area contributed by atoms with E-state index in [-0.39, 0.29) is 5.91 Å². The zero-order chi connectivity index (χ0) is 18.6. The Balaban J connectivity index is 1.65. The van der Waals surface area contributed by atoms with Gasteiger partial charge in [-0.3, -0.25) is 4.79 Å². The van der Waals surface area contributed by atoms with Crippen LogP contribution in [-0.2, 0) is 11.3 Å². The van der Waals surface area contributed by atoms with Crippen LogP contribution in [0.1, 0.15) is 50.5 Å². The van der Waals surface area contributed by atoms with Crippen LogP contribution < -0.4 is 4.74 Å². The lowest BCUT2D eigenvalue weighted by Crippen LogP contribution is -2.59. The largest absolute Gasteiger partial charge is 0.497 e. The summed E-state index contributed by atoms with van der Waals surface area (Å²) in [5.41, 5.74) is -0.230. The molecular weight excluding hydrogens is 328 g/mol. The molecule has 26 heavy (non-hydrogen) atoms. The van der Waals surface area contributed by atoms with Crippen LogP contribution >= 0.6 is 0 Å². The number of hydrogen-bond donors (Lipinski definition) is 1. The second-order valence-electron chi connectivity index (χ2n) is 7.92. The molecule has 0 unspecified atom stereocenters. The van der Waals surface area contributed by atoms with E-state index in [0.717, 1.165) is 17.7 Å². The first-order valence-electron chi connectivity index (χ1n) is 9.87. The molecule has 2 fully saturated rings. The minimum Gasteiger partial charge on any atom is -0.497 e. The molecule has 1 aromatic rings. The second kappa shape index (κ2) is 8.40. The molecule has 1 amide bonds. The van der Waals surface area contributed by atoms with Crippen LogP contribution in [0.25, 0.3) is 0 Å². The van der Waals surface area contributed by atoms with Gasteiger partial charge < -0.3 is 19.6 Å². The minimum atomic E-state index is -1.26. The molecule has 3 rings (SSSR count). The van der Waals surface area contributed by atoms with E-state index in [9.17, 15) is 9.90 Å². The number of likely N-dealkylation sites (tertiary alicyclic amines) is 1. The molecule has 5 nitrogen and oxygen atoms in total. The number of amides is 1. The maximum atomic E-state index is 13.0. The number of nitrogens with zero attached hydrogens (tertiary/aromatic N) is 2. The molecule has 0 aromatic heterocycles. The number of carbonyl (C=O) groups is 1. The van der Waals surface area contributed by atoms with E-state index in [1.165, 1.54) is 32.1 Å². The first-order valence-corrected chi connectivity index (χ1v) is 9.87. The first-order chi connectivity index (χ1) is 12.5. The van der Waals surface area contributed by atoms with E-state index >= 15 is 0 Å². The standard InChI is InChI=1S/C21H32N2O3/c1-22(18-9-4-3-5-10-18)16-21(25)12-7-13-23(20(21)24)15-17-8-6-11-19(14-17)26-2/h6,8,11,14,18,25H,3-5,7,9-10,12-13,15-16H2,1-2H3/t21-/m0/s1. The third-order valence-electron chi connectivity index (χ3n) is 5.92. The van der Waals surface area contributed by atoms with Crippen molar-refractivity contribution in [2.45, 2.75) is 63.1 Å². The van der Waals surface area contributed by atoms with Crippen molar-refractivity contribution in [3.63, 3.8) is 0 Å². The van der Waals surface area contributed by atoms with E-state index in [0.29, 0.717) is 32.1 Å². The highest BCUT2D eigenvalue weighted by atomic mass is 16.5. The summed E-state index contributed by atoms with van der Waals surface area (Å²) in [5, 5.41) is 11.1. The Hall–Kier alpha value is -1.59. The molecule has 5 heteroatoms. The maximum Gasteiger partial charge on any atom is 0.256 e. The van der Waals surface area contributed by atoms with E-state index in [4.69, 9.17) is 4.74 Å². The number of likely N-dealkylation sites (N-methyl/N-ethyl adjacent to an activating group) is 1. The van der Waals surface area contributed by atoms with E-state index in [1.54, 1.807) is 12.0 Å². The fraction of sp³-hybridized carbons (Fsp3) is 0.667. The Bertz CT molecular complexity index is 615. The highest BCUT2D eigenvalue weighted by molar-refractivity contribution is 5.86. The number of rotatable bonds is 6. The predicted molar refractivity (Wildman–Crippen MR) is 102 cm³/mol. The molecule has 1 aromatic carbocycles. The summed E-state index contributed by atoms with van der Waals surface area (Å²) in [5.74, 6) is 0.661. The van der Waals surface area contributed by atoms with Crippen LogP contribution in [0, 0.1) is 0 Å². The molecule has 1 saturated carbocycles. The number of methoxy groups -OCH3 is 1. The van der Waals surface area contributed by atoms with E-state index < -0.39 is 5.60 Å². The molecule has 0 bridgehead atoms. The SMILES string of the molecule is COc1cccc(CN2CCC[C@](O)(CN(C)C3CCCCC3)C2=O)c1. The molecule has 0 spiro atoms. The van der Waals surface area contributed by atoms with Gasteiger partial charge in [0.1, 0.15) is 5.75 Å². The van der Waals surface area contributed by atoms with E-state index in [1.807, 2.05) is 24.3 Å². The highest BCUT2D eigenvalue weighted by Gasteiger charge is 2.43. The van der Waals surface area contributed by atoms with E-state index in [2.05, 4.69) is 11.9 Å². The fourth-order valence-electron chi connectivity index (χ4n) is 4.42. The van der Waals surface area contributed by atoms with Crippen LogP contribution in [0.5, 0.6) is 5.75 Å². The average molecular weight is 360 g/mol. The Kier molecular flexibility index (Phi) is 6.20. The average Bonchev–Trinajstić information content (AvgIpc) is 2.66. The zero-order valence-corrected chi connectivity index (χ0v) is 16.1. The zero-order valence-electron chi connectivity index (χ0n) is 16.1. The molecule has 144 valence electrons. The Morgan fingerprint density at radius 1 is 1.27 bits per heavy atom. The van der Waals surface area contributed by atoms with Gasteiger partial charge in [0.05, 0.1) is 7.11 Å². The van der Waals surface area contributed by atoms with Crippen molar-refractivity contribution in [3.05, 3.63) is 29.8 Å². The van der Waals surface area contributed by atoms with Gasteiger partial charge in [0, 0.05) is 25.7 Å². The topological polar surface area (TPSA) is 53.0 Å². The quantitative estimate of drug-likeness (QED) is 0.848. The van der Waals surface area contributed by atoms with Gasteiger partial charge in [-0.25, -0.2) is 0 Å². The van der Waals surface area contributed by atoms with Gasteiger partial charge >= 0.3 is 0 Å². The molecule has 1 aliphatic heterocycles. The summed E-state index contributed by atoms with van der Waals surface area (Å²) in [4.78, 5) is 17.1. The fourth-order valence-corrected chi connectivity index (χ4v) is 4.42. The third kappa shape index (κ3) is 4.38. The van der Waals surface area contributed by atoms with Crippen molar-refractivity contribution in [2.75, 3.05) is 27.2 Å². The summed E-state index contributed by atoms with van der Waals surface area (Å²) >= 11 is 0. The maximum absolute atomic E-state index is 13.0. The number of carbonyl (C=O) groups excluding carboxylic acids is 1. The number of hydrogen-bond acceptors (Lipinski definition) is 4. The lowest BCUT2D eigenvalue weighted by molar-refractivity contribution is -0.160. The molecule has 1 atom stereocenters. The smallest absolute Gasteiger partial charge is 0.256 e. The Labute approximate surface area is 156 Å². The molecule has 0 radical (unpaired) electrons. The summed E-state index contributed by atoms with van der Waals surface area (Å²) in [6, 6.07) is 8.28. The van der Waals surface area contributed by atoms with Crippen molar-refractivity contribution < 1.29 is 14.6 Å². The van der Waals surface area contributed by atoms with Gasteiger partial charge in [0.15, 0.2) is 5.60 Å². The van der Waals surface area contributed by atoms with Crippen LogP contribution in [0.2, 0.25) is 0 Å². The van der Waals surface area contributed by atoms with Crippen LogP contribution in [0.3, 0.4) is 0 Å².